The van der Waals surface area contributed by atoms with E-state index >= 15 is 0 Å². The SMILES string of the molecule is CC(=O)c1c(C#N)ccc(C=O)c1[N+](=O)[O-]. The average molecular weight is 218 g/mol. The predicted octanol–water partition coefficient (Wildman–Crippen LogP) is 1.48. The van der Waals surface area contributed by atoms with Gasteiger partial charge in [0.15, 0.2) is 12.1 Å². The molecule has 0 radical (unpaired) electrons. The molecule has 80 valence electrons. The van der Waals surface area contributed by atoms with Gasteiger partial charge in [-0.25, -0.2) is 0 Å². The molecule has 6 heteroatoms. The highest BCUT2D eigenvalue weighted by Gasteiger charge is 2.25. The van der Waals surface area contributed by atoms with E-state index in [0.29, 0.717) is 0 Å². The van der Waals surface area contributed by atoms with E-state index in [9.17, 15) is 19.7 Å². The van der Waals surface area contributed by atoms with Crippen LogP contribution in [-0.4, -0.2) is 17.0 Å². The Morgan fingerprint density at radius 1 is 1.56 bits per heavy atom. The molecule has 16 heavy (non-hydrogen) atoms. The second-order valence-corrected chi connectivity index (χ2v) is 2.97. The van der Waals surface area contributed by atoms with Gasteiger partial charge in [0.25, 0.3) is 5.69 Å². The summed E-state index contributed by atoms with van der Waals surface area (Å²) in [6, 6.07) is 4.05. The number of Topliss-reactive ketones (excluding diaryl/α,β-unsaturated/α-hetero) is 1. The topological polar surface area (TPSA) is 101 Å². The highest BCUT2D eigenvalue weighted by atomic mass is 16.6. The first kappa shape index (κ1) is 11.5. The van der Waals surface area contributed by atoms with Gasteiger partial charge in [-0.3, -0.25) is 19.7 Å². The van der Waals surface area contributed by atoms with E-state index in [4.69, 9.17) is 5.26 Å². The number of ketones is 1. The highest BCUT2D eigenvalue weighted by Crippen LogP contribution is 2.26. The number of nitrogens with zero attached hydrogens (tertiary/aromatic N) is 2. The minimum atomic E-state index is -0.832. The number of aldehydes is 1. The summed E-state index contributed by atoms with van der Waals surface area (Å²) in [6.45, 7) is 1.11. The highest BCUT2D eigenvalue weighted by molar-refractivity contribution is 6.03. The van der Waals surface area contributed by atoms with Crippen molar-refractivity contribution in [3.8, 4) is 6.07 Å². The van der Waals surface area contributed by atoms with Crippen molar-refractivity contribution in [2.24, 2.45) is 0 Å². The Morgan fingerprint density at radius 3 is 2.56 bits per heavy atom. The third-order valence-electron chi connectivity index (χ3n) is 1.99. The molecule has 0 fully saturated rings. The number of hydrogen-bond acceptors (Lipinski definition) is 5. The van der Waals surface area contributed by atoms with Crippen LogP contribution in [0.15, 0.2) is 12.1 Å². The molecule has 0 heterocycles. The smallest absolute Gasteiger partial charge is 0.291 e. The molecule has 0 aliphatic heterocycles. The molecule has 0 unspecified atom stereocenters. The van der Waals surface area contributed by atoms with Crippen molar-refractivity contribution in [1.82, 2.24) is 0 Å². The average Bonchev–Trinajstić information content (AvgIpc) is 2.26. The lowest BCUT2D eigenvalue weighted by molar-refractivity contribution is -0.385. The number of nitro groups is 1. The normalized spacial score (nSPS) is 9.25. The summed E-state index contributed by atoms with van der Waals surface area (Å²) in [6.07, 6.45) is 0.283. The molecule has 0 saturated carbocycles. The molecule has 0 amide bonds. The van der Waals surface area contributed by atoms with Gasteiger partial charge in [0, 0.05) is 0 Å². The lowest BCUT2D eigenvalue weighted by atomic mass is 9.99. The van der Waals surface area contributed by atoms with Gasteiger partial charge < -0.3 is 0 Å². The van der Waals surface area contributed by atoms with Crippen LogP contribution in [0, 0.1) is 21.4 Å². The van der Waals surface area contributed by atoms with Crippen LogP contribution in [-0.2, 0) is 0 Å². The van der Waals surface area contributed by atoms with E-state index in [-0.39, 0.29) is 23.0 Å². The zero-order chi connectivity index (χ0) is 12.3. The van der Waals surface area contributed by atoms with Crippen LogP contribution in [0.3, 0.4) is 0 Å². The number of hydrogen-bond donors (Lipinski definition) is 0. The Labute approximate surface area is 90.3 Å². The summed E-state index contributed by atoms with van der Waals surface area (Å²) in [7, 11) is 0. The van der Waals surface area contributed by atoms with Gasteiger partial charge in [-0.1, -0.05) is 0 Å². The third kappa shape index (κ3) is 1.79. The molecule has 0 saturated heterocycles. The van der Waals surface area contributed by atoms with Gasteiger partial charge >= 0.3 is 0 Å². The Hall–Kier alpha value is -2.55. The molecule has 0 aromatic heterocycles. The minimum absolute atomic E-state index is 0.107. The van der Waals surface area contributed by atoms with Gasteiger partial charge in [-0.05, 0) is 19.1 Å². The minimum Gasteiger partial charge on any atom is -0.298 e. The van der Waals surface area contributed by atoms with E-state index in [1.54, 1.807) is 6.07 Å². The third-order valence-corrected chi connectivity index (χ3v) is 1.99. The Balaban J connectivity index is 3.75. The van der Waals surface area contributed by atoms with Crippen molar-refractivity contribution < 1.29 is 14.5 Å². The maximum atomic E-state index is 11.2. The van der Waals surface area contributed by atoms with Crippen LogP contribution in [0.2, 0.25) is 0 Å². The number of carbonyl (C=O) groups excluding carboxylic acids is 2. The monoisotopic (exact) mass is 218 g/mol. The van der Waals surface area contributed by atoms with E-state index in [0.717, 1.165) is 13.0 Å². The number of nitro benzene ring substituents is 1. The lowest BCUT2D eigenvalue weighted by Gasteiger charge is -2.03. The molecule has 0 spiro atoms. The molecular formula is C10H6N2O4. The number of carbonyl (C=O) groups is 2. The van der Waals surface area contributed by atoms with Crippen molar-refractivity contribution in [2.75, 3.05) is 0 Å². The Kier molecular flexibility index (Phi) is 3.11. The molecule has 1 aromatic rings. The molecule has 0 atom stereocenters. The van der Waals surface area contributed by atoms with Gasteiger partial charge in [-0.15, -0.1) is 0 Å². The molecule has 1 aromatic carbocycles. The molecular weight excluding hydrogens is 212 g/mol. The molecule has 0 bridgehead atoms. The first-order valence-electron chi connectivity index (χ1n) is 4.20. The largest absolute Gasteiger partial charge is 0.298 e. The molecule has 1 rings (SSSR count). The molecule has 0 N–H and O–H groups in total. The number of benzene rings is 1. The zero-order valence-corrected chi connectivity index (χ0v) is 8.26. The van der Waals surface area contributed by atoms with Gasteiger partial charge in [0.05, 0.1) is 16.1 Å². The van der Waals surface area contributed by atoms with Crippen LogP contribution in [0.25, 0.3) is 0 Å². The van der Waals surface area contributed by atoms with Crippen LogP contribution >= 0.6 is 0 Å². The Morgan fingerprint density at radius 2 is 2.19 bits per heavy atom. The molecule has 0 aliphatic carbocycles. The number of nitriles is 1. The summed E-state index contributed by atoms with van der Waals surface area (Å²) in [5.41, 5.74) is -1.25. The van der Waals surface area contributed by atoms with Gasteiger partial charge in [0.2, 0.25) is 0 Å². The summed E-state index contributed by atoms with van der Waals surface area (Å²) in [5, 5.41) is 19.5. The maximum absolute atomic E-state index is 11.2. The predicted molar refractivity (Wildman–Crippen MR) is 53.2 cm³/mol. The first-order valence-corrected chi connectivity index (χ1v) is 4.20. The van der Waals surface area contributed by atoms with E-state index in [1.165, 1.54) is 6.07 Å². The van der Waals surface area contributed by atoms with Crippen molar-refractivity contribution in [3.63, 3.8) is 0 Å². The fourth-order valence-corrected chi connectivity index (χ4v) is 1.35. The molecule has 6 nitrogen and oxygen atoms in total. The van der Waals surface area contributed by atoms with Crippen LogP contribution < -0.4 is 0 Å². The second-order valence-electron chi connectivity index (χ2n) is 2.97. The van der Waals surface area contributed by atoms with Crippen molar-refractivity contribution >= 4 is 17.8 Å². The fraction of sp³-hybridized carbons (Fsp3) is 0.100. The lowest BCUT2D eigenvalue weighted by Crippen LogP contribution is -2.06. The first-order chi connectivity index (χ1) is 7.52. The van der Waals surface area contributed by atoms with Gasteiger partial charge in [-0.2, -0.15) is 5.26 Å². The second kappa shape index (κ2) is 4.31. The van der Waals surface area contributed by atoms with E-state index in [1.807, 2.05) is 0 Å². The fourth-order valence-electron chi connectivity index (χ4n) is 1.35. The maximum Gasteiger partial charge on any atom is 0.291 e. The van der Waals surface area contributed by atoms with Crippen LogP contribution in [0.5, 0.6) is 0 Å². The standard InChI is InChI=1S/C10H6N2O4/c1-6(14)9-7(4-11)2-3-8(5-13)10(9)12(15)16/h2-3,5H,1H3. The summed E-state index contributed by atoms with van der Waals surface area (Å²) in [4.78, 5) is 31.8. The van der Waals surface area contributed by atoms with Gasteiger partial charge in [0.1, 0.15) is 11.6 Å². The van der Waals surface area contributed by atoms with Crippen molar-refractivity contribution in [3.05, 3.63) is 38.9 Å². The molecule has 0 aliphatic rings. The summed E-state index contributed by atoms with van der Waals surface area (Å²) >= 11 is 0. The number of rotatable bonds is 3. The zero-order valence-electron chi connectivity index (χ0n) is 8.26. The van der Waals surface area contributed by atoms with Crippen LogP contribution in [0.1, 0.15) is 33.2 Å². The summed E-state index contributed by atoms with van der Waals surface area (Å²) < 4.78 is 0. The quantitative estimate of drug-likeness (QED) is 0.331. The van der Waals surface area contributed by atoms with Crippen molar-refractivity contribution in [1.29, 1.82) is 5.26 Å². The summed E-state index contributed by atoms with van der Waals surface area (Å²) in [5.74, 6) is -0.619. The van der Waals surface area contributed by atoms with E-state index in [2.05, 4.69) is 0 Å². The Bertz CT molecular complexity index is 528. The van der Waals surface area contributed by atoms with Crippen LogP contribution in [0.4, 0.5) is 5.69 Å². The van der Waals surface area contributed by atoms with E-state index < -0.39 is 16.4 Å². The van der Waals surface area contributed by atoms with Crippen molar-refractivity contribution in [2.45, 2.75) is 6.92 Å².